The lowest BCUT2D eigenvalue weighted by atomic mass is 10.2. The maximum atomic E-state index is 5.85. The Morgan fingerprint density at radius 1 is 0.850 bits per heavy atom. The molecule has 0 spiro atoms. The Kier molecular flexibility index (Phi) is 3.76. The molecule has 104 valence electrons. The quantitative estimate of drug-likeness (QED) is 0.907. The fourth-order valence-corrected chi connectivity index (χ4v) is 2.51. The van der Waals surface area contributed by atoms with Crippen LogP contribution in [0.4, 0.5) is 11.9 Å². The summed E-state index contributed by atoms with van der Waals surface area (Å²) in [6, 6.07) is 9.90. The second-order valence-corrected chi connectivity index (χ2v) is 5.08. The van der Waals surface area contributed by atoms with Crippen molar-refractivity contribution in [3.8, 4) is 11.4 Å². The van der Waals surface area contributed by atoms with Crippen molar-refractivity contribution < 1.29 is 0 Å². The van der Waals surface area contributed by atoms with Crippen molar-refractivity contribution in [3.63, 3.8) is 0 Å². The molecule has 0 bridgehead atoms. The fourth-order valence-electron chi connectivity index (χ4n) is 2.51. The van der Waals surface area contributed by atoms with E-state index in [1.165, 1.54) is 25.7 Å². The van der Waals surface area contributed by atoms with E-state index in [0.717, 1.165) is 18.7 Å². The molecule has 2 aromatic rings. The first kappa shape index (κ1) is 12.8. The van der Waals surface area contributed by atoms with Crippen LogP contribution in [-0.4, -0.2) is 28.0 Å². The highest BCUT2D eigenvalue weighted by atomic mass is 15.3. The SMILES string of the molecule is Nc1nc(-c2ccccc2)nc(N2CCCCCC2)n1. The van der Waals surface area contributed by atoms with E-state index >= 15 is 0 Å². The van der Waals surface area contributed by atoms with Gasteiger partial charge in [0, 0.05) is 18.7 Å². The normalized spacial score (nSPS) is 15.9. The zero-order valence-electron chi connectivity index (χ0n) is 11.5. The lowest BCUT2D eigenvalue weighted by molar-refractivity contribution is 0.726. The van der Waals surface area contributed by atoms with Gasteiger partial charge in [-0.15, -0.1) is 0 Å². The van der Waals surface area contributed by atoms with E-state index in [1.54, 1.807) is 0 Å². The van der Waals surface area contributed by atoms with E-state index < -0.39 is 0 Å². The van der Waals surface area contributed by atoms with Crippen molar-refractivity contribution in [3.05, 3.63) is 30.3 Å². The highest BCUT2D eigenvalue weighted by Crippen LogP contribution is 2.20. The molecule has 2 heterocycles. The summed E-state index contributed by atoms with van der Waals surface area (Å²) in [6.07, 6.45) is 4.93. The van der Waals surface area contributed by atoms with Crippen LogP contribution in [0.3, 0.4) is 0 Å². The molecular weight excluding hydrogens is 250 g/mol. The number of nitrogen functional groups attached to an aromatic ring is 1. The van der Waals surface area contributed by atoms with Gasteiger partial charge in [0.1, 0.15) is 0 Å². The Morgan fingerprint density at radius 3 is 2.25 bits per heavy atom. The molecule has 1 aliphatic heterocycles. The molecule has 1 saturated heterocycles. The molecule has 1 fully saturated rings. The van der Waals surface area contributed by atoms with Crippen LogP contribution in [0, 0.1) is 0 Å². The average Bonchev–Trinajstić information content (AvgIpc) is 2.77. The van der Waals surface area contributed by atoms with Gasteiger partial charge in [-0.05, 0) is 12.8 Å². The van der Waals surface area contributed by atoms with Crippen molar-refractivity contribution in [1.29, 1.82) is 0 Å². The van der Waals surface area contributed by atoms with Crippen molar-refractivity contribution in [2.45, 2.75) is 25.7 Å². The molecule has 0 radical (unpaired) electrons. The summed E-state index contributed by atoms with van der Waals surface area (Å²) in [6.45, 7) is 2.00. The second-order valence-electron chi connectivity index (χ2n) is 5.08. The largest absolute Gasteiger partial charge is 0.368 e. The molecule has 20 heavy (non-hydrogen) atoms. The van der Waals surface area contributed by atoms with Gasteiger partial charge in [0.05, 0.1) is 0 Å². The molecular formula is C15H19N5. The molecule has 0 atom stereocenters. The topological polar surface area (TPSA) is 67.9 Å². The molecule has 5 heteroatoms. The monoisotopic (exact) mass is 269 g/mol. The second kappa shape index (κ2) is 5.86. The Balaban J connectivity index is 1.94. The van der Waals surface area contributed by atoms with Gasteiger partial charge in [-0.25, -0.2) is 0 Å². The van der Waals surface area contributed by atoms with Gasteiger partial charge in [0.2, 0.25) is 11.9 Å². The van der Waals surface area contributed by atoms with Gasteiger partial charge < -0.3 is 10.6 Å². The van der Waals surface area contributed by atoms with Gasteiger partial charge in [0.15, 0.2) is 5.82 Å². The molecule has 5 nitrogen and oxygen atoms in total. The first-order valence-corrected chi connectivity index (χ1v) is 7.15. The minimum atomic E-state index is 0.290. The summed E-state index contributed by atoms with van der Waals surface area (Å²) in [5.41, 5.74) is 6.82. The molecule has 2 N–H and O–H groups in total. The molecule has 0 unspecified atom stereocenters. The highest BCUT2D eigenvalue weighted by Gasteiger charge is 2.15. The minimum absolute atomic E-state index is 0.290. The van der Waals surface area contributed by atoms with Gasteiger partial charge in [-0.2, -0.15) is 15.0 Å². The molecule has 0 amide bonds. The summed E-state index contributed by atoms with van der Waals surface area (Å²) < 4.78 is 0. The minimum Gasteiger partial charge on any atom is -0.368 e. The number of aromatic nitrogens is 3. The van der Waals surface area contributed by atoms with E-state index in [0.29, 0.717) is 11.8 Å². The summed E-state index contributed by atoms with van der Waals surface area (Å²) in [5, 5.41) is 0. The first-order chi connectivity index (χ1) is 9.83. The van der Waals surface area contributed by atoms with Gasteiger partial charge in [-0.1, -0.05) is 43.2 Å². The van der Waals surface area contributed by atoms with E-state index in [4.69, 9.17) is 5.73 Å². The number of rotatable bonds is 2. The number of hydrogen-bond acceptors (Lipinski definition) is 5. The summed E-state index contributed by atoms with van der Waals surface area (Å²) in [4.78, 5) is 15.4. The maximum absolute atomic E-state index is 5.85. The Bertz CT molecular complexity index is 562. The molecule has 1 aromatic heterocycles. The smallest absolute Gasteiger partial charge is 0.230 e. The number of nitrogens with two attached hydrogens (primary N) is 1. The number of benzene rings is 1. The van der Waals surface area contributed by atoms with Gasteiger partial charge >= 0.3 is 0 Å². The first-order valence-electron chi connectivity index (χ1n) is 7.15. The predicted octanol–water partition coefficient (Wildman–Crippen LogP) is 2.50. The molecule has 1 aromatic carbocycles. The standard InChI is InChI=1S/C15H19N5/c16-14-17-13(12-8-4-3-5-9-12)18-15(19-14)20-10-6-1-2-7-11-20/h3-5,8-9H,1-2,6-7,10-11H2,(H2,16,17,18,19). The molecule has 3 rings (SSSR count). The van der Waals surface area contributed by atoms with Gasteiger partial charge in [-0.3, -0.25) is 0 Å². The zero-order chi connectivity index (χ0) is 13.8. The lowest BCUT2D eigenvalue weighted by Crippen LogP contribution is -2.26. The Morgan fingerprint density at radius 2 is 1.55 bits per heavy atom. The molecule has 0 saturated carbocycles. The third-order valence-electron chi connectivity index (χ3n) is 3.56. The van der Waals surface area contributed by atoms with Crippen molar-refractivity contribution in [1.82, 2.24) is 15.0 Å². The average molecular weight is 269 g/mol. The maximum Gasteiger partial charge on any atom is 0.230 e. The van der Waals surface area contributed by atoms with E-state index in [9.17, 15) is 0 Å². The van der Waals surface area contributed by atoms with Crippen molar-refractivity contribution in [2.75, 3.05) is 23.7 Å². The molecule has 0 aliphatic carbocycles. The van der Waals surface area contributed by atoms with Crippen LogP contribution in [0.2, 0.25) is 0 Å². The zero-order valence-corrected chi connectivity index (χ0v) is 11.5. The summed E-state index contributed by atoms with van der Waals surface area (Å²) >= 11 is 0. The fraction of sp³-hybridized carbons (Fsp3) is 0.400. The van der Waals surface area contributed by atoms with Crippen LogP contribution in [0.5, 0.6) is 0 Å². The van der Waals surface area contributed by atoms with Crippen molar-refractivity contribution in [2.24, 2.45) is 0 Å². The van der Waals surface area contributed by atoms with Crippen LogP contribution in [0.15, 0.2) is 30.3 Å². The Labute approximate surface area is 118 Å². The van der Waals surface area contributed by atoms with Crippen LogP contribution in [0.25, 0.3) is 11.4 Å². The Hall–Kier alpha value is -2.17. The van der Waals surface area contributed by atoms with E-state index in [-0.39, 0.29) is 5.95 Å². The van der Waals surface area contributed by atoms with Crippen LogP contribution in [0.1, 0.15) is 25.7 Å². The number of hydrogen-bond donors (Lipinski definition) is 1. The third kappa shape index (κ3) is 2.87. The highest BCUT2D eigenvalue weighted by molar-refractivity contribution is 5.57. The lowest BCUT2D eigenvalue weighted by Gasteiger charge is -2.20. The van der Waals surface area contributed by atoms with Crippen LogP contribution < -0.4 is 10.6 Å². The number of nitrogens with zero attached hydrogens (tertiary/aromatic N) is 4. The molecule has 1 aliphatic rings. The summed E-state index contributed by atoms with van der Waals surface area (Å²) in [5.74, 6) is 1.65. The third-order valence-corrected chi connectivity index (χ3v) is 3.56. The number of anilines is 2. The predicted molar refractivity (Wildman–Crippen MR) is 80.4 cm³/mol. The van der Waals surface area contributed by atoms with Gasteiger partial charge in [0.25, 0.3) is 0 Å². The van der Waals surface area contributed by atoms with Crippen LogP contribution in [-0.2, 0) is 0 Å². The van der Waals surface area contributed by atoms with E-state index in [1.807, 2.05) is 30.3 Å². The van der Waals surface area contributed by atoms with E-state index in [2.05, 4.69) is 19.9 Å². The van der Waals surface area contributed by atoms with Crippen LogP contribution >= 0.6 is 0 Å². The van der Waals surface area contributed by atoms with Crippen molar-refractivity contribution >= 4 is 11.9 Å². The summed E-state index contributed by atoms with van der Waals surface area (Å²) in [7, 11) is 0.